The number of hydrogen-bond donors (Lipinski definition) is 0. The molecule has 2 rings (SSSR count). The summed E-state index contributed by atoms with van der Waals surface area (Å²) in [5.74, 6) is 0.316. The summed E-state index contributed by atoms with van der Waals surface area (Å²) in [4.78, 5) is 8.66. The van der Waals surface area contributed by atoms with Crippen LogP contribution in [0.5, 0.6) is 5.88 Å². The first-order chi connectivity index (χ1) is 9.99. The monoisotopic (exact) mass is 292 g/mol. The molecule has 1 aromatic carbocycles. The van der Waals surface area contributed by atoms with E-state index in [1.807, 2.05) is 20.8 Å². The molecule has 112 valence electrons. The summed E-state index contributed by atoms with van der Waals surface area (Å²) in [6, 6.07) is 5.03. The van der Waals surface area contributed by atoms with E-state index < -0.39 is 11.6 Å². The van der Waals surface area contributed by atoms with E-state index in [1.165, 1.54) is 0 Å². The van der Waals surface area contributed by atoms with Crippen molar-refractivity contribution in [2.75, 3.05) is 0 Å². The van der Waals surface area contributed by atoms with Gasteiger partial charge in [0.2, 0.25) is 5.88 Å². The maximum Gasteiger partial charge on any atom is 0.217 e. The summed E-state index contributed by atoms with van der Waals surface area (Å²) in [5, 5.41) is 0. The summed E-state index contributed by atoms with van der Waals surface area (Å²) < 4.78 is 32.2. The van der Waals surface area contributed by atoms with Gasteiger partial charge in [0.05, 0.1) is 5.69 Å². The molecule has 3 nitrogen and oxygen atoms in total. The molecule has 0 spiro atoms. The van der Waals surface area contributed by atoms with Crippen molar-refractivity contribution in [3.05, 3.63) is 53.0 Å². The van der Waals surface area contributed by atoms with E-state index in [9.17, 15) is 8.78 Å². The smallest absolute Gasteiger partial charge is 0.217 e. The highest BCUT2D eigenvalue weighted by Gasteiger charge is 2.10. The fourth-order valence-corrected chi connectivity index (χ4v) is 1.83. The summed E-state index contributed by atoms with van der Waals surface area (Å²) in [6.45, 7) is 5.94. The number of aromatic nitrogens is 2. The first-order valence-electron chi connectivity index (χ1n) is 6.94. The van der Waals surface area contributed by atoms with Gasteiger partial charge in [-0.05, 0) is 24.1 Å². The van der Waals surface area contributed by atoms with E-state index in [1.54, 1.807) is 6.07 Å². The van der Waals surface area contributed by atoms with Gasteiger partial charge in [-0.2, -0.15) is 4.98 Å². The zero-order valence-electron chi connectivity index (χ0n) is 12.4. The normalized spacial score (nSPS) is 11.0. The van der Waals surface area contributed by atoms with Crippen molar-refractivity contribution in [3.63, 3.8) is 0 Å². The Hall–Kier alpha value is -2.04. The van der Waals surface area contributed by atoms with Crippen molar-refractivity contribution in [1.82, 2.24) is 9.97 Å². The number of halogens is 2. The zero-order valence-corrected chi connectivity index (χ0v) is 12.4. The van der Waals surface area contributed by atoms with Crippen LogP contribution in [0.1, 0.15) is 43.8 Å². The average molecular weight is 292 g/mol. The van der Waals surface area contributed by atoms with Gasteiger partial charge in [0.15, 0.2) is 0 Å². The molecule has 1 aromatic heterocycles. The van der Waals surface area contributed by atoms with Gasteiger partial charge in [0.25, 0.3) is 0 Å². The van der Waals surface area contributed by atoms with E-state index >= 15 is 0 Å². The Labute approximate surface area is 123 Å². The molecule has 0 bridgehead atoms. The maximum atomic E-state index is 13.5. The molecule has 0 atom stereocenters. The van der Waals surface area contributed by atoms with Crippen molar-refractivity contribution in [3.8, 4) is 5.88 Å². The van der Waals surface area contributed by atoms with Gasteiger partial charge in [0, 0.05) is 18.1 Å². The lowest BCUT2D eigenvalue weighted by Crippen LogP contribution is -2.05. The lowest BCUT2D eigenvalue weighted by Gasteiger charge is -2.11. The van der Waals surface area contributed by atoms with Gasteiger partial charge in [-0.3, -0.25) is 0 Å². The predicted molar refractivity (Wildman–Crippen MR) is 76.2 cm³/mol. The van der Waals surface area contributed by atoms with E-state index in [-0.39, 0.29) is 18.1 Å². The van der Waals surface area contributed by atoms with E-state index in [2.05, 4.69) is 9.97 Å². The molecular formula is C16H18F2N2O. The second kappa shape index (κ2) is 6.61. The molecule has 1 heterocycles. The lowest BCUT2D eigenvalue weighted by molar-refractivity contribution is 0.285. The van der Waals surface area contributed by atoms with Crippen molar-refractivity contribution in [1.29, 1.82) is 0 Å². The molecule has 0 N–H and O–H groups in total. The van der Waals surface area contributed by atoms with Crippen LogP contribution in [-0.2, 0) is 13.0 Å². The van der Waals surface area contributed by atoms with Crippen LogP contribution in [0.15, 0.2) is 24.3 Å². The van der Waals surface area contributed by atoms with Gasteiger partial charge < -0.3 is 4.74 Å². The summed E-state index contributed by atoms with van der Waals surface area (Å²) in [5.41, 5.74) is 1.04. The molecule has 0 aliphatic rings. The van der Waals surface area contributed by atoms with Gasteiger partial charge in [-0.1, -0.05) is 20.8 Å². The Morgan fingerprint density at radius 2 is 1.90 bits per heavy atom. The van der Waals surface area contributed by atoms with E-state index in [0.29, 0.717) is 18.1 Å². The fourth-order valence-electron chi connectivity index (χ4n) is 1.83. The molecule has 0 amide bonds. The first-order valence-corrected chi connectivity index (χ1v) is 6.94. The van der Waals surface area contributed by atoms with Crippen molar-refractivity contribution in [2.45, 2.75) is 39.7 Å². The summed E-state index contributed by atoms with van der Waals surface area (Å²) in [7, 11) is 0. The van der Waals surface area contributed by atoms with Crippen molar-refractivity contribution in [2.24, 2.45) is 0 Å². The minimum atomic E-state index is -0.495. The van der Waals surface area contributed by atoms with Gasteiger partial charge in [0.1, 0.15) is 24.1 Å². The summed E-state index contributed by atoms with van der Waals surface area (Å²) in [6.07, 6.45) is 0.686. The predicted octanol–water partition coefficient (Wildman–Crippen LogP) is 4.02. The SMILES string of the molecule is CCc1nc(OCc2cc(F)ccc2F)cc(C(C)C)n1. The number of aryl methyl sites for hydroxylation is 1. The molecule has 2 aromatic rings. The quantitative estimate of drug-likeness (QED) is 0.835. The van der Waals surface area contributed by atoms with Crippen molar-refractivity contribution >= 4 is 0 Å². The van der Waals surface area contributed by atoms with Crippen LogP contribution in [0, 0.1) is 11.6 Å². The standard InChI is InChI=1S/C16H18F2N2O/c1-4-15-19-14(10(2)3)8-16(20-15)21-9-11-7-12(17)5-6-13(11)18/h5-8,10H,4,9H2,1-3H3. The zero-order chi connectivity index (χ0) is 15.4. The highest BCUT2D eigenvalue weighted by molar-refractivity contribution is 5.21. The van der Waals surface area contributed by atoms with Crippen LogP contribution in [0.2, 0.25) is 0 Å². The number of hydrogen-bond acceptors (Lipinski definition) is 3. The topological polar surface area (TPSA) is 35.0 Å². The Kier molecular flexibility index (Phi) is 4.83. The van der Waals surface area contributed by atoms with Gasteiger partial charge in [-0.25, -0.2) is 13.8 Å². The Morgan fingerprint density at radius 3 is 2.57 bits per heavy atom. The average Bonchev–Trinajstić information content (AvgIpc) is 2.47. The molecule has 0 radical (unpaired) electrons. The molecule has 5 heteroatoms. The molecule has 0 fully saturated rings. The summed E-state index contributed by atoms with van der Waals surface area (Å²) >= 11 is 0. The Bertz CT molecular complexity index is 630. The largest absolute Gasteiger partial charge is 0.473 e. The number of ether oxygens (including phenoxy) is 1. The third-order valence-electron chi connectivity index (χ3n) is 3.06. The second-order valence-corrected chi connectivity index (χ2v) is 5.08. The molecule has 0 unspecified atom stereocenters. The third kappa shape index (κ3) is 3.97. The first kappa shape index (κ1) is 15.4. The van der Waals surface area contributed by atoms with Crippen LogP contribution >= 0.6 is 0 Å². The van der Waals surface area contributed by atoms with Crippen LogP contribution in [0.4, 0.5) is 8.78 Å². The van der Waals surface area contributed by atoms with Crippen molar-refractivity contribution < 1.29 is 13.5 Å². The van der Waals surface area contributed by atoms with E-state index in [0.717, 1.165) is 23.9 Å². The molecule has 0 aliphatic carbocycles. The molecule has 0 saturated heterocycles. The number of rotatable bonds is 5. The van der Waals surface area contributed by atoms with Crippen LogP contribution in [0.25, 0.3) is 0 Å². The Morgan fingerprint density at radius 1 is 1.14 bits per heavy atom. The Balaban J connectivity index is 2.19. The maximum absolute atomic E-state index is 13.5. The lowest BCUT2D eigenvalue weighted by atomic mass is 10.1. The molecular weight excluding hydrogens is 274 g/mol. The number of nitrogens with zero attached hydrogens (tertiary/aromatic N) is 2. The second-order valence-electron chi connectivity index (χ2n) is 5.08. The van der Waals surface area contributed by atoms with Crippen LogP contribution in [-0.4, -0.2) is 9.97 Å². The van der Waals surface area contributed by atoms with Crippen LogP contribution < -0.4 is 4.74 Å². The highest BCUT2D eigenvalue weighted by atomic mass is 19.1. The van der Waals surface area contributed by atoms with E-state index in [4.69, 9.17) is 4.74 Å². The molecule has 21 heavy (non-hydrogen) atoms. The molecule has 0 saturated carbocycles. The third-order valence-corrected chi connectivity index (χ3v) is 3.06. The fraction of sp³-hybridized carbons (Fsp3) is 0.375. The molecule has 0 aliphatic heterocycles. The minimum absolute atomic E-state index is 0.0682. The number of benzene rings is 1. The van der Waals surface area contributed by atoms with Gasteiger partial charge >= 0.3 is 0 Å². The minimum Gasteiger partial charge on any atom is -0.473 e. The van der Waals surface area contributed by atoms with Crippen LogP contribution in [0.3, 0.4) is 0 Å². The highest BCUT2D eigenvalue weighted by Crippen LogP contribution is 2.19. The van der Waals surface area contributed by atoms with Gasteiger partial charge in [-0.15, -0.1) is 0 Å².